The molecular formula is C38H55FN4O6. The predicted octanol–water partition coefficient (Wildman–Crippen LogP) is 7.12. The number of fused-ring (bicyclic) bond motifs is 1. The number of nitrogens with zero attached hydrogens (tertiary/aromatic N) is 3. The quantitative estimate of drug-likeness (QED) is 0.192. The second-order valence-corrected chi connectivity index (χ2v) is 11.8. The van der Waals surface area contributed by atoms with E-state index in [1.807, 2.05) is 38.1 Å². The molecule has 1 fully saturated rings. The number of likely N-dealkylation sites (tertiary alicyclic amines) is 1. The molecule has 0 bridgehead atoms. The van der Waals surface area contributed by atoms with E-state index in [-0.39, 0.29) is 24.4 Å². The number of hydrogen-bond acceptors (Lipinski definition) is 8. The summed E-state index contributed by atoms with van der Waals surface area (Å²) in [5.74, 6) is 1.54. The summed E-state index contributed by atoms with van der Waals surface area (Å²) in [4.78, 5) is 32.2. The van der Waals surface area contributed by atoms with E-state index in [1.165, 1.54) is 5.56 Å². The summed E-state index contributed by atoms with van der Waals surface area (Å²) >= 11 is 0. The Morgan fingerprint density at radius 1 is 1.10 bits per heavy atom. The number of carboxylic acid groups (broad SMARTS) is 1. The van der Waals surface area contributed by atoms with Crippen molar-refractivity contribution >= 4 is 11.9 Å². The second kappa shape index (κ2) is 22.4. The van der Waals surface area contributed by atoms with E-state index in [0.29, 0.717) is 24.1 Å². The van der Waals surface area contributed by atoms with Crippen molar-refractivity contribution < 1.29 is 33.3 Å². The van der Waals surface area contributed by atoms with E-state index < -0.39 is 5.97 Å². The van der Waals surface area contributed by atoms with Crippen LogP contribution >= 0.6 is 0 Å². The van der Waals surface area contributed by atoms with Crippen LogP contribution < -0.4 is 19.5 Å². The molecule has 0 radical (unpaired) electrons. The van der Waals surface area contributed by atoms with Crippen LogP contribution in [0.3, 0.4) is 0 Å². The molecule has 3 aromatic rings. The Balaban J connectivity index is 0.000000406. The number of carbonyl (C=O) groups is 2. The van der Waals surface area contributed by atoms with Crippen molar-refractivity contribution in [1.29, 1.82) is 0 Å². The molecule has 2 atom stereocenters. The Hall–Kier alpha value is -4.25. The van der Waals surface area contributed by atoms with Crippen LogP contribution in [0.15, 0.2) is 48.9 Å². The van der Waals surface area contributed by atoms with Gasteiger partial charge in [0.2, 0.25) is 18.4 Å². The normalized spacial score (nSPS) is 15.8. The average Bonchev–Trinajstić information content (AvgIpc) is 3.74. The van der Waals surface area contributed by atoms with Gasteiger partial charge >= 0.3 is 0 Å². The molecule has 11 heteroatoms. The van der Waals surface area contributed by atoms with E-state index >= 15 is 0 Å². The van der Waals surface area contributed by atoms with Crippen LogP contribution in [0.25, 0.3) is 0 Å². The Morgan fingerprint density at radius 3 is 2.49 bits per heavy atom. The first-order valence-electron chi connectivity index (χ1n) is 17.3. The third kappa shape index (κ3) is 14.0. The van der Waals surface area contributed by atoms with Crippen molar-refractivity contribution in [1.82, 2.24) is 20.2 Å². The van der Waals surface area contributed by atoms with Gasteiger partial charge in [-0.15, -0.1) is 0 Å². The monoisotopic (exact) mass is 682 g/mol. The lowest BCUT2D eigenvalue weighted by Crippen LogP contribution is -2.40. The topological polar surface area (TPSA) is 123 Å². The number of carboxylic acids is 1. The van der Waals surface area contributed by atoms with Crippen LogP contribution in [0.1, 0.15) is 95.0 Å². The largest absolute Gasteiger partial charge is 0.493 e. The number of amides is 1. The van der Waals surface area contributed by atoms with Crippen LogP contribution in [0.5, 0.6) is 17.2 Å². The highest BCUT2D eigenvalue weighted by atomic mass is 19.1. The lowest BCUT2D eigenvalue weighted by atomic mass is 9.94. The molecule has 1 saturated heterocycles. The van der Waals surface area contributed by atoms with Gasteiger partial charge in [-0.1, -0.05) is 52.7 Å². The smallest absolute Gasteiger partial charge is 0.300 e. The van der Waals surface area contributed by atoms with Crippen molar-refractivity contribution in [2.45, 2.75) is 98.4 Å². The molecule has 49 heavy (non-hydrogen) atoms. The lowest BCUT2D eigenvalue weighted by molar-refractivity contribution is -0.134. The average molecular weight is 683 g/mol. The number of rotatable bonds is 12. The fourth-order valence-corrected chi connectivity index (χ4v) is 5.68. The maximum absolute atomic E-state index is 12.7. The number of aromatic nitrogens is 2. The SMILES string of the molecule is CC.CC(=O)O.CCCCNC(=O)CN1CC(c2cc(OC)c3c(c2)OCO3)CC1CCc1ccncn1.CCCc1ccc(F)c(C)c1. The van der Waals surface area contributed by atoms with Gasteiger partial charge in [-0.2, -0.15) is 0 Å². The Bertz CT molecular complexity index is 1420. The number of aliphatic carboxylic acids is 1. The molecule has 2 N–H and O–H groups in total. The Kier molecular flexibility index (Phi) is 18.7. The van der Waals surface area contributed by atoms with E-state index in [4.69, 9.17) is 24.1 Å². The number of aryl methyl sites for hydroxylation is 3. The molecule has 3 heterocycles. The third-order valence-corrected chi connectivity index (χ3v) is 8.02. The first-order chi connectivity index (χ1) is 23.6. The molecule has 10 nitrogen and oxygen atoms in total. The summed E-state index contributed by atoms with van der Waals surface area (Å²) in [6.45, 7) is 13.3. The fourth-order valence-electron chi connectivity index (χ4n) is 5.68. The molecule has 2 aliphatic rings. The summed E-state index contributed by atoms with van der Waals surface area (Å²) < 4.78 is 29.4. The van der Waals surface area contributed by atoms with Gasteiger partial charge in [0, 0.05) is 37.9 Å². The van der Waals surface area contributed by atoms with E-state index in [9.17, 15) is 9.18 Å². The van der Waals surface area contributed by atoms with Gasteiger partial charge in [-0.25, -0.2) is 14.4 Å². The van der Waals surface area contributed by atoms with Crippen molar-refractivity contribution in [3.63, 3.8) is 0 Å². The van der Waals surface area contributed by atoms with Gasteiger partial charge in [0.1, 0.15) is 12.1 Å². The summed E-state index contributed by atoms with van der Waals surface area (Å²) in [6, 6.07) is 11.7. The highest BCUT2D eigenvalue weighted by molar-refractivity contribution is 5.78. The number of unbranched alkanes of at least 4 members (excludes halogenated alkanes) is 1. The number of hydrogen-bond donors (Lipinski definition) is 2. The van der Waals surface area contributed by atoms with Crippen molar-refractivity contribution in [2.75, 3.05) is 33.5 Å². The summed E-state index contributed by atoms with van der Waals surface area (Å²) in [5, 5.41) is 10.5. The van der Waals surface area contributed by atoms with Crippen molar-refractivity contribution in [3.05, 3.63) is 77.1 Å². The van der Waals surface area contributed by atoms with Crippen LogP contribution in [0.2, 0.25) is 0 Å². The maximum atomic E-state index is 12.7. The van der Waals surface area contributed by atoms with E-state index in [0.717, 1.165) is 87.5 Å². The molecule has 0 spiro atoms. The number of carbonyl (C=O) groups excluding carboxylic acids is 1. The van der Waals surface area contributed by atoms with Crippen LogP contribution in [0.4, 0.5) is 4.39 Å². The minimum Gasteiger partial charge on any atom is -0.493 e. The third-order valence-electron chi connectivity index (χ3n) is 8.02. The zero-order valence-electron chi connectivity index (χ0n) is 30.3. The molecule has 270 valence electrons. The molecule has 1 aromatic heterocycles. The zero-order chi connectivity index (χ0) is 36.2. The van der Waals surface area contributed by atoms with E-state index in [2.05, 4.69) is 40.1 Å². The molecule has 0 aliphatic carbocycles. The maximum Gasteiger partial charge on any atom is 0.300 e. The second-order valence-electron chi connectivity index (χ2n) is 11.8. The van der Waals surface area contributed by atoms with Crippen LogP contribution in [0, 0.1) is 12.7 Å². The zero-order valence-corrected chi connectivity index (χ0v) is 30.3. The standard InChI is InChI=1S/C24H32N4O4.C10H13F.C2H4O2.C2H6/c1-3-4-8-26-23(29)14-28-13-18(10-20(28)6-5-19-7-9-25-15-27-19)17-11-21(30-2)24-22(12-17)31-16-32-24;1-3-4-9-5-6-10(11)8(2)7-9;1-2(3)4;1-2/h7,9,11-12,15,18,20H,3-6,8,10,13-14,16H2,1-2H3,(H,26,29);5-7H,3-4H2,1-2H3;1H3,(H,3,4);1-2H3. The minimum atomic E-state index is -0.833. The summed E-state index contributed by atoms with van der Waals surface area (Å²) in [6.07, 6.45) is 10.4. The van der Waals surface area contributed by atoms with Gasteiger partial charge < -0.3 is 24.6 Å². The Morgan fingerprint density at radius 2 is 1.86 bits per heavy atom. The number of halogens is 1. The summed E-state index contributed by atoms with van der Waals surface area (Å²) in [5.41, 5.74) is 4.16. The highest BCUT2D eigenvalue weighted by Crippen LogP contribution is 2.45. The predicted molar refractivity (Wildman–Crippen MR) is 190 cm³/mol. The van der Waals surface area contributed by atoms with Gasteiger partial charge in [0.15, 0.2) is 11.5 Å². The lowest BCUT2D eigenvalue weighted by Gasteiger charge is -2.23. The molecule has 5 rings (SSSR count). The van der Waals surface area contributed by atoms with Crippen molar-refractivity contribution in [2.24, 2.45) is 0 Å². The van der Waals surface area contributed by atoms with Crippen LogP contribution in [-0.4, -0.2) is 71.4 Å². The van der Waals surface area contributed by atoms with Crippen LogP contribution in [-0.2, 0) is 22.4 Å². The number of nitrogens with one attached hydrogen (secondary N) is 1. The van der Waals surface area contributed by atoms with Gasteiger partial charge in [-0.3, -0.25) is 14.5 Å². The minimum absolute atomic E-state index is 0.0920. The first kappa shape index (κ1) is 40.9. The number of ether oxygens (including phenoxy) is 3. The molecule has 2 aromatic carbocycles. The molecule has 1 amide bonds. The number of methoxy groups -OCH3 is 1. The molecular weight excluding hydrogens is 627 g/mol. The summed E-state index contributed by atoms with van der Waals surface area (Å²) in [7, 11) is 1.65. The van der Waals surface area contributed by atoms with Gasteiger partial charge in [0.05, 0.1) is 13.7 Å². The fraction of sp³-hybridized carbons (Fsp3) is 0.526. The van der Waals surface area contributed by atoms with Gasteiger partial charge in [0.25, 0.3) is 5.97 Å². The molecule has 2 aliphatic heterocycles. The van der Waals surface area contributed by atoms with E-state index in [1.54, 1.807) is 32.6 Å². The molecule has 2 unspecified atom stereocenters. The Labute approximate surface area is 291 Å². The number of benzene rings is 2. The molecule has 0 saturated carbocycles. The first-order valence-corrected chi connectivity index (χ1v) is 17.3. The van der Waals surface area contributed by atoms with Crippen molar-refractivity contribution in [3.8, 4) is 17.2 Å². The van der Waals surface area contributed by atoms with Gasteiger partial charge in [-0.05, 0) is 85.9 Å². The highest BCUT2D eigenvalue weighted by Gasteiger charge is 2.35.